The number of rotatable bonds is 8. The molecule has 8 heteroatoms. The summed E-state index contributed by atoms with van der Waals surface area (Å²) in [6.07, 6.45) is -1.43. The molecule has 0 unspecified atom stereocenters. The largest absolute Gasteiger partial charge is 0.388 e. The van der Waals surface area contributed by atoms with Crippen LogP contribution in [0.15, 0.2) is 60.7 Å². The Morgan fingerprint density at radius 1 is 0.808 bits per heavy atom. The predicted octanol–water partition coefficient (Wildman–Crippen LogP) is 3.61. The Bertz CT molecular complexity index is 734. The number of aliphatic hydroxyl groups is 2. The zero-order valence-corrected chi connectivity index (χ0v) is 13.8. The van der Waals surface area contributed by atoms with Crippen molar-refractivity contribution in [1.29, 1.82) is 0 Å². The molecule has 2 N–H and O–H groups in total. The van der Waals surface area contributed by atoms with Gasteiger partial charge in [-0.3, -0.25) is 20.2 Å². The first-order valence-electron chi connectivity index (χ1n) is 7.79. The summed E-state index contributed by atoms with van der Waals surface area (Å²) >= 11 is 0. The summed E-state index contributed by atoms with van der Waals surface area (Å²) in [6, 6.07) is 11.2. The van der Waals surface area contributed by atoms with E-state index in [0.717, 1.165) is 0 Å². The average Bonchev–Trinajstić information content (AvgIpc) is 2.61. The van der Waals surface area contributed by atoms with Gasteiger partial charge in [0.15, 0.2) is 0 Å². The zero-order valence-electron chi connectivity index (χ0n) is 13.8. The van der Waals surface area contributed by atoms with Gasteiger partial charge in [-0.1, -0.05) is 12.2 Å². The molecular formula is C18H18N2O6. The van der Waals surface area contributed by atoms with Crippen LogP contribution in [0.25, 0.3) is 0 Å². The fourth-order valence-corrected chi connectivity index (χ4v) is 2.50. The molecule has 0 amide bonds. The number of hydrogen-bond donors (Lipinski definition) is 2. The summed E-state index contributed by atoms with van der Waals surface area (Å²) in [5.74, 6) is 0. The van der Waals surface area contributed by atoms with Crippen molar-refractivity contribution in [3.05, 3.63) is 92.0 Å². The minimum absolute atomic E-state index is 0.0617. The monoisotopic (exact) mass is 358 g/mol. The van der Waals surface area contributed by atoms with Crippen LogP contribution < -0.4 is 0 Å². The van der Waals surface area contributed by atoms with Crippen molar-refractivity contribution in [2.24, 2.45) is 0 Å². The van der Waals surface area contributed by atoms with E-state index in [4.69, 9.17) is 0 Å². The van der Waals surface area contributed by atoms with Gasteiger partial charge in [0, 0.05) is 24.3 Å². The lowest BCUT2D eigenvalue weighted by molar-refractivity contribution is -0.385. The predicted molar refractivity (Wildman–Crippen MR) is 94.5 cm³/mol. The van der Waals surface area contributed by atoms with Crippen LogP contribution in [0.3, 0.4) is 0 Å². The normalized spacial score (nSPS) is 13.0. The lowest BCUT2D eigenvalue weighted by Crippen LogP contribution is -2.04. The van der Waals surface area contributed by atoms with E-state index in [9.17, 15) is 30.4 Å². The highest BCUT2D eigenvalue weighted by Gasteiger charge is 2.16. The van der Waals surface area contributed by atoms with E-state index < -0.39 is 22.1 Å². The van der Waals surface area contributed by atoms with Crippen molar-refractivity contribution in [3.63, 3.8) is 0 Å². The van der Waals surface area contributed by atoms with E-state index in [2.05, 4.69) is 6.58 Å². The molecule has 0 fully saturated rings. The third kappa shape index (κ3) is 4.95. The number of nitro groups is 2. The van der Waals surface area contributed by atoms with Crippen molar-refractivity contribution < 1.29 is 20.1 Å². The summed E-state index contributed by atoms with van der Waals surface area (Å²) in [5.41, 5.74) is 1.49. The maximum absolute atomic E-state index is 10.6. The van der Waals surface area contributed by atoms with Gasteiger partial charge in [-0.05, 0) is 48.2 Å². The molecule has 0 aliphatic rings. The first-order chi connectivity index (χ1) is 12.3. The molecule has 0 radical (unpaired) electrons. The summed E-state index contributed by atoms with van der Waals surface area (Å²) in [5, 5.41) is 41.7. The molecule has 0 heterocycles. The summed E-state index contributed by atoms with van der Waals surface area (Å²) in [7, 11) is 0. The molecule has 0 spiro atoms. The van der Waals surface area contributed by atoms with Gasteiger partial charge in [-0.2, -0.15) is 0 Å². The van der Waals surface area contributed by atoms with E-state index in [0.29, 0.717) is 16.7 Å². The molecule has 0 bridgehead atoms. The number of nitro benzene ring substituents is 2. The van der Waals surface area contributed by atoms with E-state index >= 15 is 0 Å². The van der Waals surface area contributed by atoms with E-state index in [1.165, 1.54) is 48.5 Å². The second-order valence-electron chi connectivity index (χ2n) is 5.89. The molecule has 0 aromatic heterocycles. The lowest BCUT2D eigenvalue weighted by Gasteiger charge is -2.16. The smallest absolute Gasteiger partial charge is 0.269 e. The van der Waals surface area contributed by atoms with Crippen molar-refractivity contribution in [2.75, 3.05) is 0 Å². The minimum atomic E-state index is -0.896. The van der Waals surface area contributed by atoms with Crippen LogP contribution in [-0.2, 0) is 0 Å². The SMILES string of the molecule is C=C(C[C@@H](O)c1ccc([N+](=O)[O-])cc1)C[C@@H](O)c1ccc([N+](=O)[O-])cc1. The Balaban J connectivity index is 1.94. The van der Waals surface area contributed by atoms with Gasteiger partial charge in [0.1, 0.15) is 0 Å². The van der Waals surface area contributed by atoms with Crippen LogP contribution >= 0.6 is 0 Å². The minimum Gasteiger partial charge on any atom is -0.388 e. The molecule has 2 aromatic carbocycles. The van der Waals surface area contributed by atoms with Gasteiger partial charge in [0.05, 0.1) is 22.1 Å². The van der Waals surface area contributed by atoms with Crippen LogP contribution in [0.5, 0.6) is 0 Å². The van der Waals surface area contributed by atoms with E-state index in [-0.39, 0.29) is 24.2 Å². The molecule has 0 aliphatic heterocycles. The maximum Gasteiger partial charge on any atom is 0.269 e. The summed E-state index contributed by atoms with van der Waals surface area (Å²) in [4.78, 5) is 20.2. The third-order valence-electron chi connectivity index (χ3n) is 3.94. The second-order valence-corrected chi connectivity index (χ2v) is 5.89. The third-order valence-corrected chi connectivity index (χ3v) is 3.94. The first-order valence-corrected chi connectivity index (χ1v) is 7.79. The van der Waals surface area contributed by atoms with Gasteiger partial charge in [-0.25, -0.2) is 0 Å². The zero-order chi connectivity index (χ0) is 19.3. The molecule has 26 heavy (non-hydrogen) atoms. The van der Waals surface area contributed by atoms with Crippen molar-refractivity contribution >= 4 is 11.4 Å². The van der Waals surface area contributed by atoms with Crippen molar-refractivity contribution in [1.82, 2.24) is 0 Å². The van der Waals surface area contributed by atoms with Crippen molar-refractivity contribution in [2.45, 2.75) is 25.0 Å². The maximum atomic E-state index is 10.6. The number of nitrogens with zero attached hydrogens (tertiary/aromatic N) is 2. The topological polar surface area (TPSA) is 127 Å². The lowest BCUT2D eigenvalue weighted by atomic mass is 9.96. The number of non-ortho nitro benzene ring substituents is 2. The van der Waals surface area contributed by atoms with Crippen LogP contribution in [0, 0.1) is 20.2 Å². The molecule has 0 saturated heterocycles. The van der Waals surface area contributed by atoms with Crippen LogP contribution in [0.4, 0.5) is 11.4 Å². The Hall–Kier alpha value is -3.10. The molecule has 0 aliphatic carbocycles. The van der Waals surface area contributed by atoms with Gasteiger partial charge in [0.25, 0.3) is 11.4 Å². The quantitative estimate of drug-likeness (QED) is 0.421. The molecule has 8 nitrogen and oxygen atoms in total. The fourth-order valence-electron chi connectivity index (χ4n) is 2.50. The summed E-state index contributed by atoms with van der Waals surface area (Å²) < 4.78 is 0. The molecule has 0 saturated carbocycles. The van der Waals surface area contributed by atoms with Crippen LogP contribution in [0.2, 0.25) is 0 Å². The van der Waals surface area contributed by atoms with Crippen molar-refractivity contribution in [3.8, 4) is 0 Å². The van der Waals surface area contributed by atoms with Gasteiger partial charge >= 0.3 is 0 Å². The van der Waals surface area contributed by atoms with E-state index in [1.807, 2.05) is 0 Å². The molecular weight excluding hydrogens is 340 g/mol. The highest BCUT2D eigenvalue weighted by molar-refractivity contribution is 5.35. The molecule has 2 aromatic rings. The molecule has 136 valence electrons. The standard InChI is InChI=1S/C18H18N2O6/c1-12(10-17(21)13-2-6-15(7-3-13)19(23)24)11-18(22)14-4-8-16(9-5-14)20(25)26/h2-9,17-18,21-22H,1,10-11H2/t17-,18-/m1/s1. The first kappa shape index (κ1) is 19.2. The Morgan fingerprint density at radius 2 is 1.12 bits per heavy atom. The van der Waals surface area contributed by atoms with Gasteiger partial charge in [0.2, 0.25) is 0 Å². The number of aliphatic hydroxyl groups excluding tert-OH is 2. The fraction of sp³-hybridized carbons (Fsp3) is 0.222. The van der Waals surface area contributed by atoms with Gasteiger partial charge in [-0.15, -0.1) is 0 Å². The number of hydrogen-bond acceptors (Lipinski definition) is 6. The van der Waals surface area contributed by atoms with Gasteiger partial charge < -0.3 is 10.2 Å². The summed E-state index contributed by atoms with van der Waals surface area (Å²) in [6.45, 7) is 3.84. The molecule has 2 rings (SSSR count). The second kappa shape index (κ2) is 8.32. The highest BCUT2D eigenvalue weighted by Crippen LogP contribution is 2.28. The van der Waals surface area contributed by atoms with Crippen LogP contribution in [-0.4, -0.2) is 20.1 Å². The Labute approximate surface area is 149 Å². The Kier molecular flexibility index (Phi) is 6.16. The average molecular weight is 358 g/mol. The number of benzene rings is 2. The highest BCUT2D eigenvalue weighted by atomic mass is 16.6. The van der Waals surface area contributed by atoms with Crippen LogP contribution in [0.1, 0.15) is 36.2 Å². The molecule has 2 atom stereocenters. The van der Waals surface area contributed by atoms with E-state index in [1.54, 1.807) is 0 Å². The Morgan fingerprint density at radius 3 is 1.38 bits per heavy atom.